The highest BCUT2D eigenvalue weighted by molar-refractivity contribution is 6.03. The summed E-state index contributed by atoms with van der Waals surface area (Å²) < 4.78 is 10.9. The lowest BCUT2D eigenvalue weighted by Gasteiger charge is -2.04. The normalized spacial score (nSPS) is 12.1. The number of nitrogens with zero attached hydrogens (tertiary/aromatic N) is 2. The molecule has 8 heteroatoms. The van der Waals surface area contributed by atoms with Crippen LogP contribution in [0.25, 0.3) is 46.4 Å². The van der Waals surface area contributed by atoms with Gasteiger partial charge in [0.05, 0.1) is 47.0 Å². The predicted molar refractivity (Wildman–Crippen MR) is 140 cm³/mol. The number of fused-ring (bicyclic) bond motifs is 8. The van der Waals surface area contributed by atoms with Gasteiger partial charge in [-0.2, -0.15) is 0 Å². The van der Waals surface area contributed by atoms with Gasteiger partial charge < -0.3 is 19.4 Å². The molecule has 182 valence electrons. The van der Waals surface area contributed by atoms with Crippen molar-refractivity contribution in [2.45, 2.75) is 26.7 Å². The van der Waals surface area contributed by atoms with Gasteiger partial charge in [-0.25, -0.2) is 19.6 Å². The number of hydrogen-bond donors (Lipinski definition) is 2. The number of carbonyl (C=O) groups is 2. The summed E-state index contributed by atoms with van der Waals surface area (Å²) in [4.78, 5) is 41.8. The van der Waals surface area contributed by atoms with Crippen molar-refractivity contribution in [3.8, 4) is 0 Å². The lowest BCUT2D eigenvalue weighted by molar-refractivity contribution is 0.0497. The van der Waals surface area contributed by atoms with Crippen molar-refractivity contribution in [2.24, 2.45) is 0 Å². The molecule has 0 saturated carbocycles. The van der Waals surface area contributed by atoms with Gasteiger partial charge in [-0.3, -0.25) is 0 Å². The van der Waals surface area contributed by atoms with Crippen LogP contribution in [-0.4, -0.2) is 45.1 Å². The summed E-state index contributed by atoms with van der Waals surface area (Å²) in [6, 6.07) is 11.1. The van der Waals surface area contributed by atoms with E-state index >= 15 is 0 Å². The van der Waals surface area contributed by atoms with Crippen molar-refractivity contribution in [1.82, 2.24) is 19.9 Å². The van der Waals surface area contributed by atoms with E-state index in [1.807, 2.05) is 62.4 Å². The fourth-order valence-electron chi connectivity index (χ4n) is 4.04. The van der Waals surface area contributed by atoms with Gasteiger partial charge in [0.25, 0.3) is 0 Å². The second kappa shape index (κ2) is 10.0. The Hall–Kier alpha value is -4.46. The SMILES string of the molecule is CCCOC(=O)c1c2nc(cc3ccc([nH]3)c(C(=O)OCCC)c3nc(cc4ccc1[nH]4)C=C3)C=C2. The molecule has 2 aliphatic heterocycles. The molecule has 0 radical (unpaired) electrons. The van der Waals surface area contributed by atoms with Gasteiger partial charge in [0.1, 0.15) is 11.1 Å². The van der Waals surface area contributed by atoms with Crippen molar-refractivity contribution in [3.05, 3.63) is 70.3 Å². The number of hydrogen-bond acceptors (Lipinski definition) is 6. The van der Waals surface area contributed by atoms with Crippen molar-refractivity contribution >= 4 is 58.3 Å². The summed E-state index contributed by atoms with van der Waals surface area (Å²) in [6.07, 6.45) is 8.71. The fourth-order valence-corrected chi connectivity index (χ4v) is 4.04. The highest BCUT2D eigenvalue weighted by Crippen LogP contribution is 2.24. The third-order valence-corrected chi connectivity index (χ3v) is 5.68. The number of H-pyrrole nitrogens is 2. The Kier molecular flexibility index (Phi) is 6.49. The molecular weight excluding hydrogens is 456 g/mol. The Bertz CT molecular complexity index is 1440. The standard InChI is InChI=1S/C28H26N4O4/c1-3-13-35-27(33)25-21-9-5-17(29-21)15-19-7-11-23(31-19)26(28(34)36-14-4-2)24-12-8-20(32-24)16-18-6-10-22(25)30-18/h5-12,15-16,29,32H,3-4,13-14H2,1-2H3. The number of aromatic nitrogens is 4. The molecule has 0 spiro atoms. The third kappa shape index (κ3) is 4.70. The van der Waals surface area contributed by atoms with E-state index in [4.69, 9.17) is 9.47 Å². The van der Waals surface area contributed by atoms with Crippen molar-refractivity contribution in [1.29, 1.82) is 0 Å². The van der Waals surface area contributed by atoms with Gasteiger partial charge in [0.15, 0.2) is 0 Å². The van der Waals surface area contributed by atoms with E-state index in [2.05, 4.69) is 19.9 Å². The quantitative estimate of drug-likeness (QED) is 0.297. The van der Waals surface area contributed by atoms with Crippen molar-refractivity contribution < 1.29 is 19.1 Å². The smallest absolute Gasteiger partial charge is 0.342 e. The molecule has 0 unspecified atom stereocenters. The summed E-state index contributed by atoms with van der Waals surface area (Å²) in [5.74, 6) is -0.867. The number of ether oxygens (including phenoxy) is 2. The minimum atomic E-state index is -0.434. The van der Waals surface area contributed by atoms with Crippen LogP contribution >= 0.6 is 0 Å². The molecule has 2 N–H and O–H groups in total. The monoisotopic (exact) mass is 482 g/mol. The number of esters is 2. The summed E-state index contributed by atoms with van der Waals surface area (Å²) in [7, 11) is 0. The van der Waals surface area contributed by atoms with Gasteiger partial charge in [-0.05, 0) is 73.5 Å². The minimum absolute atomic E-state index is 0.326. The van der Waals surface area contributed by atoms with Crippen LogP contribution in [0.4, 0.5) is 0 Å². The Morgan fingerprint density at radius 1 is 0.694 bits per heavy atom. The number of carbonyl (C=O) groups excluding carboxylic acids is 2. The van der Waals surface area contributed by atoms with Gasteiger partial charge >= 0.3 is 11.9 Å². The zero-order valence-electron chi connectivity index (χ0n) is 20.1. The Morgan fingerprint density at radius 3 is 1.56 bits per heavy atom. The molecular formula is C28H26N4O4. The minimum Gasteiger partial charge on any atom is -0.462 e. The number of nitrogens with one attached hydrogen (secondary N) is 2. The van der Waals surface area contributed by atoms with E-state index in [1.165, 1.54) is 0 Å². The summed E-state index contributed by atoms with van der Waals surface area (Å²) in [5, 5.41) is 0. The molecule has 0 saturated heterocycles. The van der Waals surface area contributed by atoms with Crippen LogP contribution in [0.5, 0.6) is 0 Å². The number of rotatable bonds is 6. The summed E-state index contributed by atoms with van der Waals surface area (Å²) in [5.41, 5.74) is 5.78. The molecule has 5 rings (SSSR count). The molecule has 0 amide bonds. The molecule has 8 nitrogen and oxygen atoms in total. The first kappa shape index (κ1) is 23.3. The highest BCUT2D eigenvalue weighted by atomic mass is 16.5. The molecule has 0 atom stereocenters. The van der Waals surface area contributed by atoms with Crippen LogP contribution in [0.3, 0.4) is 0 Å². The molecule has 5 heterocycles. The Balaban J connectivity index is 1.79. The largest absolute Gasteiger partial charge is 0.462 e. The zero-order chi connectivity index (χ0) is 25.1. The van der Waals surface area contributed by atoms with Crippen LogP contribution < -0.4 is 0 Å². The van der Waals surface area contributed by atoms with E-state index in [1.54, 1.807) is 12.2 Å². The maximum absolute atomic E-state index is 13.0. The molecule has 0 aromatic carbocycles. The van der Waals surface area contributed by atoms with Gasteiger partial charge in [0, 0.05) is 11.0 Å². The summed E-state index contributed by atoms with van der Waals surface area (Å²) >= 11 is 0. The molecule has 0 fully saturated rings. The van der Waals surface area contributed by atoms with Crippen LogP contribution in [0, 0.1) is 0 Å². The molecule has 3 aromatic heterocycles. The molecule has 3 aromatic rings. The van der Waals surface area contributed by atoms with Crippen molar-refractivity contribution in [2.75, 3.05) is 13.2 Å². The average molecular weight is 483 g/mol. The number of aromatic amines is 2. The molecule has 2 aliphatic rings. The van der Waals surface area contributed by atoms with E-state index in [-0.39, 0.29) is 0 Å². The van der Waals surface area contributed by atoms with Gasteiger partial charge in [-0.15, -0.1) is 0 Å². The van der Waals surface area contributed by atoms with E-state index in [0.717, 1.165) is 23.9 Å². The van der Waals surface area contributed by atoms with E-state index in [9.17, 15) is 9.59 Å². The maximum Gasteiger partial charge on any atom is 0.342 e. The van der Waals surface area contributed by atoms with E-state index < -0.39 is 11.9 Å². The fraction of sp³-hybridized carbons (Fsp3) is 0.214. The Labute approximate surface area is 207 Å². The van der Waals surface area contributed by atoms with Gasteiger partial charge in [0.2, 0.25) is 0 Å². The van der Waals surface area contributed by atoms with Crippen LogP contribution in [-0.2, 0) is 9.47 Å². The molecule has 36 heavy (non-hydrogen) atoms. The zero-order valence-corrected chi connectivity index (χ0v) is 20.1. The van der Waals surface area contributed by atoms with Crippen LogP contribution in [0.2, 0.25) is 0 Å². The summed E-state index contributed by atoms with van der Waals surface area (Å²) in [6.45, 7) is 4.55. The Morgan fingerprint density at radius 2 is 1.14 bits per heavy atom. The lowest BCUT2D eigenvalue weighted by atomic mass is 10.2. The van der Waals surface area contributed by atoms with Crippen LogP contribution in [0.15, 0.2) is 36.4 Å². The first-order valence-electron chi connectivity index (χ1n) is 12.0. The average Bonchev–Trinajstić information content (AvgIpc) is 3.67. The first-order chi connectivity index (χ1) is 17.6. The topological polar surface area (TPSA) is 110 Å². The van der Waals surface area contributed by atoms with E-state index in [0.29, 0.717) is 58.1 Å². The third-order valence-electron chi connectivity index (χ3n) is 5.68. The second-order valence-corrected chi connectivity index (χ2v) is 8.48. The van der Waals surface area contributed by atoms with Crippen LogP contribution in [0.1, 0.15) is 70.2 Å². The van der Waals surface area contributed by atoms with Gasteiger partial charge in [-0.1, -0.05) is 13.8 Å². The highest BCUT2D eigenvalue weighted by Gasteiger charge is 2.19. The predicted octanol–water partition coefficient (Wildman–Crippen LogP) is 5.79. The first-order valence-corrected chi connectivity index (χ1v) is 12.0. The molecule has 0 aliphatic carbocycles. The maximum atomic E-state index is 13.0. The van der Waals surface area contributed by atoms with Crippen molar-refractivity contribution in [3.63, 3.8) is 0 Å². The molecule has 8 bridgehead atoms. The lowest BCUT2D eigenvalue weighted by Crippen LogP contribution is -2.08. The second-order valence-electron chi connectivity index (χ2n) is 8.48.